The molecular formula is C14H20N2O. The van der Waals surface area contributed by atoms with Gasteiger partial charge in [-0.25, -0.2) is 0 Å². The van der Waals surface area contributed by atoms with Crippen molar-refractivity contribution in [3.05, 3.63) is 35.4 Å². The van der Waals surface area contributed by atoms with Crippen molar-refractivity contribution in [1.82, 2.24) is 10.6 Å². The van der Waals surface area contributed by atoms with Gasteiger partial charge in [0.2, 0.25) is 5.91 Å². The van der Waals surface area contributed by atoms with E-state index in [0.717, 1.165) is 25.8 Å². The lowest BCUT2D eigenvalue weighted by Gasteiger charge is -2.11. The summed E-state index contributed by atoms with van der Waals surface area (Å²) in [4.78, 5) is 11.5. The van der Waals surface area contributed by atoms with Gasteiger partial charge in [-0.15, -0.1) is 0 Å². The molecule has 92 valence electrons. The fraction of sp³-hybridized carbons (Fsp3) is 0.500. The molecule has 0 atom stereocenters. The molecule has 0 saturated carbocycles. The van der Waals surface area contributed by atoms with Crippen LogP contribution in [0.25, 0.3) is 0 Å². The van der Waals surface area contributed by atoms with Crippen molar-refractivity contribution in [2.75, 3.05) is 13.1 Å². The largest absolute Gasteiger partial charge is 0.355 e. The van der Waals surface area contributed by atoms with Gasteiger partial charge in [-0.1, -0.05) is 31.2 Å². The minimum absolute atomic E-state index is 0.0998. The normalized spacial score (nSPS) is 14.6. The van der Waals surface area contributed by atoms with Crippen LogP contribution in [-0.4, -0.2) is 25.0 Å². The second kappa shape index (κ2) is 5.82. The third-order valence-corrected chi connectivity index (χ3v) is 3.17. The average molecular weight is 232 g/mol. The number of nitrogens with one attached hydrogen (secondary N) is 2. The number of hydrogen-bond donors (Lipinski definition) is 2. The van der Waals surface area contributed by atoms with E-state index in [1.54, 1.807) is 0 Å². The summed E-state index contributed by atoms with van der Waals surface area (Å²) in [5.74, 6) is 0.0998. The van der Waals surface area contributed by atoms with Crippen molar-refractivity contribution in [1.29, 1.82) is 0 Å². The molecule has 1 amide bonds. The molecule has 0 bridgehead atoms. The van der Waals surface area contributed by atoms with Gasteiger partial charge in [0.1, 0.15) is 0 Å². The molecule has 0 aliphatic heterocycles. The van der Waals surface area contributed by atoms with E-state index in [0.29, 0.717) is 12.6 Å². The molecule has 2 rings (SSSR count). The Balaban J connectivity index is 1.75. The van der Waals surface area contributed by atoms with Crippen molar-refractivity contribution < 1.29 is 4.79 Å². The summed E-state index contributed by atoms with van der Waals surface area (Å²) in [5, 5.41) is 6.20. The molecule has 2 N–H and O–H groups in total. The van der Waals surface area contributed by atoms with Crippen LogP contribution in [0.4, 0.5) is 0 Å². The van der Waals surface area contributed by atoms with Crippen LogP contribution in [0.15, 0.2) is 24.3 Å². The minimum Gasteiger partial charge on any atom is -0.355 e. The van der Waals surface area contributed by atoms with Crippen molar-refractivity contribution in [2.24, 2.45) is 0 Å². The van der Waals surface area contributed by atoms with Crippen LogP contribution in [0.1, 0.15) is 24.5 Å². The zero-order valence-electron chi connectivity index (χ0n) is 10.3. The number of amides is 1. The first-order valence-electron chi connectivity index (χ1n) is 6.36. The fourth-order valence-corrected chi connectivity index (χ4v) is 2.27. The Bertz CT molecular complexity index is 365. The summed E-state index contributed by atoms with van der Waals surface area (Å²) in [7, 11) is 0. The van der Waals surface area contributed by atoms with Crippen LogP contribution in [-0.2, 0) is 17.6 Å². The molecule has 0 spiro atoms. The van der Waals surface area contributed by atoms with E-state index in [1.807, 2.05) is 0 Å². The van der Waals surface area contributed by atoms with Gasteiger partial charge in [0.15, 0.2) is 0 Å². The summed E-state index contributed by atoms with van der Waals surface area (Å²) in [5.41, 5.74) is 2.83. The van der Waals surface area contributed by atoms with E-state index in [1.165, 1.54) is 11.1 Å². The van der Waals surface area contributed by atoms with Gasteiger partial charge in [0, 0.05) is 12.6 Å². The second-order valence-electron chi connectivity index (χ2n) is 4.60. The molecule has 3 nitrogen and oxygen atoms in total. The highest BCUT2D eigenvalue weighted by Crippen LogP contribution is 2.21. The van der Waals surface area contributed by atoms with Gasteiger partial charge in [-0.3, -0.25) is 4.79 Å². The number of carbonyl (C=O) groups excluding carboxylic acids is 1. The maximum Gasteiger partial charge on any atom is 0.233 e. The lowest BCUT2D eigenvalue weighted by molar-refractivity contribution is -0.120. The molecule has 1 aromatic rings. The standard InChI is InChI=1S/C14H20N2O/c1-2-7-15-14(17)10-16-13-8-11-5-3-4-6-12(11)9-13/h3-6,13,16H,2,7-10H2,1H3,(H,15,17). The van der Waals surface area contributed by atoms with Gasteiger partial charge < -0.3 is 10.6 Å². The second-order valence-corrected chi connectivity index (χ2v) is 4.60. The molecule has 0 aromatic heterocycles. The third kappa shape index (κ3) is 3.30. The van der Waals surface area contributed by atoms with Gasteiger partial charge in [-0.2, -0.15) is 0 Å². The first kappa shape index (κ1) is 12.1. The summed E-state index contributed by atoms with van der Waals surface area (Å²) in [6, 6.07) is 8.92. The van der Waals surface area contributed by atoms with Crippen molar-refractivity contribution in [3.8, 4) is 0 Å². The van der Waals surface area contributed by atoms with Crippen LogP contribution >= 0.6 is 0 Å². The molecule has 17 heavy (non-hydrogen) atoms. The first-order chi connectivity index (χ1) is 8.29. The van der Waals surface area contributed by atoms with E-state index in [9.17, 15) is 4.79 Å². The molecule has 0 unspecified atom stereocenters. The molecule has 1 aliphatic rings. The average Bonchev–Trinajstić information content (AvgIpc) is 2.76. The lowest BCUT2D eigenvalue weighted by atomic mass is 10.1. The summed E-state index contributed by atoms with van der Waals surface area (Å²) in [6.07, 6.45) is 3.06. The van der Waals surface area contributed by atoms with E-state index in [-0.39, 0.29) is 5.91 Å². The SMILES string of the molecule is CCCNC(=O)CNC1Cc2ccccc2C1. The Morgan fingerprint density at radius 1 is 1.29 bits per heavy atom. The zero-order valence-corrected chi connectivity index (χ0v) is 10.3. The highest BCUT2D eigenvalue weighted by Gasteiger charge is 2.20. The van der Waals surface area contributed by atoms with Crippen molar-refractivity contribution in [3.63, 3.8) is 0 Å². The molecule has 0 radical (unpaired) electrons. The number of fused-ring (bicyclic) bond motifs is 1. The number of carbonyl (C=O) groups is 1. The zero-order chi connectivity index (χ0) is 12.1. The van der Waals surface area contributed by atoms with Gasteiger partial charge >= 0.3 is 0 Å². The van der Waals surface area contributed by atoms with Crippen LogP contribution < -0.4 is 10.6 Å². The molecule has 3 heteroatoms. The quantitative estimate of drug-likeness (QED) is 0.802. The minimum atomic E-state index is 0.0998. The Kier molecular flexibility index (Phi) is 4.15. The molecule has 1 aromatic carbocycles. The topological polar surface area (TPSA) is 41.1 Å². The van der Waals surface area contributed by atoms with Crippen molar-refractivity contribution in [2.45, 2.75) is 32.2 Å². The third-order valence-electron chi connectivity index (χ3n) is 3.17. The number of benzene rings is 1. The first-order valence-corrected chi connectivity index (χ1v) is 6.36. The predicted octanol–water partition coefficient (Wildman–Crippen LogP) is 1.27. The predicted molar refractivity (Wildman–Crippen MR) is 68.9 cm³/mol. The molecule has 1 aliphatic carbocycles. The van der Waals surface area contributed by atoms with Crippen LogP contribution in [0.2, 0.25) is 0 Å². The monoisotopic (exact) mass is 232 g/mol. The van der Waals surface area contributed by atoms with Gasteiger partial charge in [-0.05, 0) is 30.4 Å². The molecule has 0 heterocycles. The Labute approximate surface area is 103 Å². The van der Waals surface area contributed by atoms with Gasteiger partial charge in [0.25, 0.3) is 0 Å². The molecule has 0 saturated heterocycles. The van der Waals surface area contributed by atoms with E-state index in [2.05, 4.69) is 41.8 Å². The summed E-state index contributed by atoms with van der Waals surface area (Å²) in [6.45, 7) is 3.26. The van der Waals surface area contributed by atoms with Gasteiger partial charge in [0.05, 0.1) is 6.54 Å². The Morgan fingerprint density at radius 3 is 2.53 bits per heavy atom. The fourth-order valence-electron chi connectivity index (χ4n) is 2.27. The van der Waals surface area contributed by atoms with Crippen molar-refractivity contribution >= 4 is 5.91 Å². The summed E-state index contributed by atoms with van der Waals surface area (Å²) >= 11 is 0. The Morgan fingerprint density at radius 2 is 1.94 bits per heavy atom. The molecular weight excluding hydrogens is 212 g/mol. The number of hydrogen-bond acceptors (Lipinski definition) is 2. The van der Waals surface area contributed by atoms with Crippen LogP contribution in [0, 0.1) is 0 Å². The Hall–Kier alpha value is -1.35. The maximum atomic E-state index is 11.5. The van der Waals surface area contributed by atoms with Crippen LogP contribution in [0.5, 0.6) is 0 Å². The number of rotatable bonds is 5. The van der Waals surface area contributed by atoms with E-state index >= 15 is 0 Å². The molecule has 0 fully saturated rings. The highest BCUT2D eigenvalue weighted by atomic mass is 16.1. The van der Waals surface area contributed by atoms with E-state index in [4.69, 9.17) is 0 Å². The van der Waals surface area contributed by atoms with Crippen LogP contribution in [0.3, 0.4) is 0 Å². The highest BCUT2D eigenvalue weighted by molar-refractivity contribution is 5.78. The summed E-state index contributed by atoms with van der Waals surface area (Å²) < 4.78 is 0. The maximum absolute atomic E-state index is 11.5. The smallest absolute Gasteiger partial charge is 0.233 e. The lowest BCUT2D eigenvalue weighted by Crippen LogP contribution is -2.39. The van der Waals surface area contributed by atoms with E-state index < -0.39 is 0 Å².